The van der Waals surface area contributed by atoms with Crippen molar-refractivity contribution >= 4 is 40.7 Å². The monoisotopic (exact) mass is 570 g/mol. The van der Waals surface area contributed by atoms with Gasteiger partial charge in [0.2, 0.25) is 5.95 Å². The summed E-state index contributed by atoms with van der Waals surface area (Å²) in [5.74, 6) is 1.11. The number of anilines is 6. The Morgan fingerprint density at radius 1 is 1.00 bits per heavy atom. The van der Waals surface area contributed by atoms with Crippen LogP contribution in [0.2, 0.25) is 0 Å². The van der Waals surface area contributed by atoms with Crippen molar-refractivity contribution < 1.29 is 18.7 Å². The molecule has 4 aromatic rings. The molecule has 0 aliphatic carbocycles. The van der Waals surface area contributed by atoms with Crippen LogP contribution in [-0.2, 0) is 11.3 Å². The van der Waals surface area contributed by atoms with Crippen LogP contribution in [0.5, 0.6) is 11.5 Å². The van der Waals surface area contributed by atoms with Gasteiger partial charge in [-0.2, -0.15) is 4.98 Å². The first-order valence-electron chi connectivity index (χ1n) is 13.6. The predicted octanol–water partition coefficient (Wildman–Crippen LogP) is 4.18. The van der Waals surface area contributed by atoms with Crippen LogP contribution in [0.1, 0.15) is 5.56 Å². The molecule has 1 amide bonds. The zero-order chi connectivity index (χ0) is 29.1. The van der Waals surface area contributed by atoms with E-state index in [1.165, 1.54) is 0 Å². The summed E-state index contributed by atoms with van der Waals surface area (Å²) in [7, 11) is 3.72. The highest BCUT2D eigenvalue weighted by molar-refractivity contribution is 5.96. The van der Waals surface area contributed by atoms with Crippen LogP contribution in [0.15, 0.2) is 66.9 Å². The zero-order valence-corrected chi connectivity index (χ0v) is 23.4. The summed E-state index contributed by atoms with van der Waals surface area (Å²) in [6.07, 6.45) is 1.10. The third-order valence-corrected chi connectivity index (χ3v) is 7.21. The Morgan fingerprint density at radius 3 is 2.60 bits per heavy atom. The highest BCUT2D eigenvalue weighted by Crippen LogP contribution is 2.34. The van der Waals surface area contributed by atoms with Gasteiger partial charge in [-0.15, -0.1) is 0 Å². The van der Waals surface area contributed by atoms with Crippen LogP contribution in [0.3, 0.4) is 0 Å². The first-order chi connectivity index (χ1) is 20.4. The number of ether oxygens (including phenoxy) is 2. The summed E-state index contributed by atoms with van der Waals surface area (Å²) < 4.78 is 25.6. The van der Waals surface area contributed by atoms with Crippen LogP contribution in [0, 0.1) is 5.82 Å². The summed E-state index contributed by atoms with van der Waals surface area (Å²) in [6, 6.07) is 18.8. The summed E-state index contributed by atoms with van der Waals surface area (Å²) in [6.45, 7) is 4.10. The lowest BCUT2D eigenvalue weighted by molar-refractivity contribution is -0.121. The molecule has 0 bridgehead atoms. The Labute approximate surface area is 242 Å². The number of piperazine rings is 1. The largest absolute Gasteiger partial charge is 0.497 e. The smallest absolute Gasteiger partial charge is 0.266 e. The molecular formula is C30H31FN8O3. The van der Waals surface area contributed by atoms with E-state index < -0.39 is 5.82 Å². The maximum Gasteiger partial charge on any atom is 0.266 e. The number of nitrogens with zero attached hydrogens (tertiary/aromatic N) is 6. The molecule has 1 saturated heterocycles. The molecule has 42 heavy (non-hydrogen) atoms. The maximum atomic E-state index is 14.8. The van der Waals surface area contributed by atoms with Gasteiger partial charge in [0.1, 0.15) is 11.6 Å². The summed E-state index contributed by atoms with van der Waals surface area (Å²) in [4.78, 5) is 32.0. The average molecular weight is 571 g/mol. The summed E-state index contributed by atoms with van der Waals surface area (Å²) >= 11 is 0. The number of methoxy groups -OCH3 is 1. The highest BCUT2D eigenvalue weighted by atomic mass is 19.1. The van der Waals surface area contributed by atoms with Gasteiger partial charge in [-0.3, -0.25) is 9.69 Å². The van der Waals surface area contributed by atoms with E-state index >= 15 is 0 Å². The van der Waals surface area contributed by atoms with E-state index in [1.807, 2.05) is 42.5 Å². The van der Waals surface area contributed by atoms with Gasteiger partial charge in [-0.05, 0) is 55.1 Å². The molecule has 0 spiro atoms. The molecule has 216 valence electrons. The first kappa shape index (κ1) is 27.2. The molecule has 12 heteroatoms. The Hall–Kier alpha value is -4.97. The molecule has 1 fully saturated rings. The summed E-state index contributed by atoms with van der Waals surface area (Å²) in [5, 5.41) is 6.11. The van der Waals surface area contributed by atoms with Crippen LogP contribution >= 0.6 is 0 Å². The van der Waals surface area contributed by atoms with Gasteiger partial charge in [0, 0.05) is 37.6 Å². The molecule has 0 saturated carbocycles. The van der Waals surface area contributed by atoms with E-state index in [0.717, 1.165) is 55.1 Å². The van der Waals surface area contributed by atoms with Crippen LogP contribution in [0.4, 0.5) is 39.2 Å². The fraction of sp³-hybridized carbons (Fsp3) is 0.267. The second kappa shape index (κ2) is 11.9. The first-order valence-corrected chi connectivity index (χ1v) is 13.6. The Morgan fingerprint density at radius 2 is 1.81 bits per heavy atom. The number of halogens is 1. The number of likely N-dealkylation sites (N-methyl/N-ethyl adjacent to an activating group) is 1. The van der Waals surface area contributed by atoms with Crippen molar-refractivity contribution in [3.8, 4) is 11.5 Å². The number of aromatic nitrogens is 3. The molecule has 2 aromatic heterocycles. The van der Waals surface area contributed by atoms with E-state index in [0.29, 0.717) is 23.9 Å². The third-order valence-electron chi connectivity index (χ3n) is 7.21. The Balaban J connectivity index is 1.19. The Bertz CT molecular complexity index is 1580. The molecule has 4 heterocycles. The van der Waals surface area contributed by atoms with Crippen molar-refractivity contribution in [1.82, 2.24) is 19.9 Å². The van der Waals surface area contributed by atoms with Crippen molar-refractivity contribution in [3.63, 3.8) is 0 Å². The fourth-order valence-electron chi connectivity index (χ4n) is 4.83. The third kappa shape index (κ3) is 6.03. The minimum atomic E-state index is -0.645. The number of hydrogen-bond acceptors (Lipinski definition) is 10. The van der Waals surface area contributed by atoms with Crippen molar-refractivity contribution in [1.29, 1.82) is 0 Å². The summed E-state index contributed by atoms with van der Waals surface area (Å²) in [5.41, 5.74) is 2.79. The molecule has 2 aromatic carbocycles. The molecular weight excluding hydrogens is 539 g/mol. The molecule has 6 rings (SSSR count). The topological polar surface area (TPSA) is 108 Å². The highest BCUT2D eigenvalue weighted by Gasteiger charge is 2.28. The van der Waals surface area contributed by atoms with Crippen LogP contribution < -0.4 is 29.9 Å². The zero-order valence-electron chi connectivity index (χ0n) is 23.4. The number of fused-ring (bicyclic) bond motifs is 1. The number of benzene rings is 2. The fourth-order valence-corrected chi connectivity index (χ4v) is 4.83. The van der Waals surface area contributed by atoms with Gasteiger partial charge < -0.3 is 29.9 Å². The quantitative estimate of drug-likeness (QED) is 0.320. The van der Waals surface area contributed by atoms with Gasteiger partial charge in [0.25, 0.3) is 5.91 Å². The minimum absolute atomic E-state index is 0.0556. The molecule has 0 radical (unpaired) electrons. The lowest BCUT2D eigenvalue weighted by Gasteiger charge is -2.34. The normalized spacial score (nSPS) is 15.2. The maximum absolute atomic E-state index is 14.8. The van der Waals surface area contributed by atoms with E-state index in [1.54, 1.807) is 24.1 Å². The number of nitrogens with one attached hydrogen (secondary N) is 2. The number of carbonyl (C=O) groups is 1. The molecule has 2 N–H and O–H groups in total. The van der Waals surface area contributed by atoms with Gasteiger partial charge in [-0.1, -0.05) is 18.2 Å². The standard InChI is InChI=1S/C30H31FN8O3/c1-37-12-14-38(15-13-37)22-5-3-4-21(16-22)33-30-32-17-24(31)28(36-30)34-26-11-10-25-29(35-26)39(27(40)19-42-25)18-20-6-8-23(41-2)9-7-20/h3-11,16-17H,12-15,18-19H2,1-2H3,(H2,32,33,34,35,36). The molecule has 2 aliphatic heterocycles. The lowest BCUT2D eigenvalue weighted by atomic mass is 10.2. The molecule has 11 nitrogen and oxygen atoms in total. The van der Waals surface area contributed by atoms with Gasteiger partial charge in [-0.25, -0.2) is 14.4 Å². The molecule has 0 unspecified atom stereocenters. The second-order valence-corrected chi connectivity index (χ2v) is 10.1. The Kier molecular flexibility index (Phi) is 7.69. The van der Waals surface area contributed by atoms with Crippen LogP contribution in [-0.4, -0.2) is 72.7 Å². The van der Waals surface area contributed by atoms with Crippen molar-refractivity contribution in [3.05, 3.63) is 78.2 Å². The van der Waals surface area contributed by atoms with E-state index in [-0.39, 0.29) is 24.3 Å². The predicted molar refractivity (Wildman–Crippen MR) is 159 cm³/mol. The number of hydrogen-bond donors (Lipinski definition) is 2. The van der Waals surface area contributed by atoms with Crippen molar-refractivity contribution in [2.75, 3.05) is 67.4 Å². The van der Waals surface area contributed by atoms with Gasteiger partial charge in [0.05, 0.1) is 19.9 Å². The van der Waals surface area contributed by atoms with E-state index in [9.17, 15) is 9.18 Å². The van der Waals surface area contributed by atoms with E-state index in [2.05, 4.69) is 48.5 Å². The number of carbonyl (C=O) groups excluding carboxylic acids is 1. The van der Waals surface area contributed by atoms with Crippen molar-refractivity contribution in [2.24, 2.45) is 0 Å². The van der Waals surface area contributed by atoms with Crippen LogP contribution in [0.25, 0.3) is 0 Å². The molecule has 0 atom stereocenters. The number of pyridine rings is 1. The number of rotatable bonds is 8. The lowest BCUT2D eigenvalue weighted by Crippen LogP contribution is -2.44. The van der Waals surface area contributed by atoms with Gasteiger partial charge >= 0.3 is 0 Å². The molecule has 2 aliphatic rings. The number of amides is 1. The van der Waals surface area contributed by atoms with Gasteiger partial charge in [0.15, 0.2) is 29.8 Å². The average Bonchev–Trinajstić information content (AvgIpc) is 3.01. The van der Waals surface area contributed by atoms with E-state index in [4.69, 9.17) is 9.47 Å². The van der Waals surface area contributed by atoms with Crippen molar-refractivity contribution in [2.45, 2.75) is 6.54 Å². The minimum Gasteiger partial charge on any atom is -0.497 e. The second-order valence-electron chi connectivity index (χ2n) is 10.1. The SMILES string of the molecule is COc1ccc(CN2C(=O)COc3ccc(Nc4nc(Nc5cccc(N6CCN(C)CC6)c5)ncc4F)nc32)cc1.